The van der Waals surface area contributed by atoms with E-state index < -0.39 is 0 Å². The molecule has 0 amide bonds. The zero-order chi connectivity index (χ0) is 14.2. The van der Waals surface area contributed by atoms with Crippen molar-refractivity contribution in [1.82, 2.24) is 4.90 Å². The normalized spacial score (nSPS) is 32.9. The lowest BCUT2D eigenvalue weighted by Crippen LogP contribution is -2.62. The topological polar surface area (TPSA) is 38.5 Å². The van der Waals surface area contributed by atoms with E-state index >= 15 is 0 Å². The Morgan fingerprint density at radius 1 is 1.15 bits per heavy atom. The third kappa shape index (κ3) is 2.65. The Bertz CT molecular complexity index is 332. The number of ether oxygens (including phenoxy) is 1. The number of nitrogens with two attached hydrogens (primary N) is 1. The van der Waals surface area contributed by atoms with E-state index in [0.717, 1.165) is 13.0 Å². The molecular formula is C17H32N2O. The summed E-state index contributed by atoms with van der Waals surface area (Å²) in [6.45, 7) is 8.12. The first-order chi connectivity index (χ1) is 9.54. The maximum absolute atomic E-state index is 6.76. The van der Waals surface area contributed by atoms with Crippen LogP contribution in [0.5, 0.6) is 0 Å². The van der Waals surface area contributed by atoms with Crippen molar-refractivity contribution in [2.75, 3.05) is 19.7 Å². The van der Waals surface area contributed by atoms with Crippen LogP contribution >= 0.6 is 0 Å². The highest BCUT2D eigenvalue weighted by Crippen LogP contribution is 2.46. The number of hydrogen-bond donors (Lipinski definition) is 1. The lowest BCUT2D eigenvalue weighted by atomic mass is 9.68. The first-order valence-corrected chi connectivity index (χ1v) is 8.68. The van der Waals surface area contributed by atoms with Crippen LogP contribution in [-0.2, 0) is 4.74 Å². The summed E-state index contributed by atoms with van der Waals surface area (Å²) in [5.41, 5.74) is 7.11. The summed E-state index contributed by atoms with van der Waals surface area (Å²) in [5.74, 6) is 0.640. The first-order valence-electron chi connectivity index (χ1n) is 8.68. The molecule has 2 aliphatic heterocycles. The van der Waals surface area contributed by atoms with E-state index in [-0.39, 0.29) is 17.2 Å². The monoisotopic (exact) mass is 280 g/mol. The van der Waals surface area contributed by atoms with Crippen LogP contribution in [0.1, 0.15) is 65.2 Å². The summed E-state index contributed by atoms with van der Waals surface area (Å²) in [6, 6.07) is 0.280. The van der Waals surface area contributed by atoms with Crippen LogP contribution in [0.4, 0.5) is 0 Å². The summed E-state index contributed by atoms with van der Waals surface area (Å²) in [6.07, 6.45) is 10.3. The molecule has 1 spiro atoms. The van der Waals surface area contributed by atoms with Crippen LogP contribution in [0.25, 0.3) is 0 Å². The van der Waals surface area contributed by atoms with Gasteiger partial charge in [-0.2, -0.15) is 0 Å². The lowest BCUT2D eigenvalue weighted by Gasteiger charge is -2.52. The number of hydrogen-bond acceptors (Lipinski definition) is 3. The van der Waals surface area contributed by atoms with Crippen LogP contribution in [0.2, 0.25) is 0 Å². The fourth-order valence-corrected chi connectivity index (χ4v) is 4.55. The van der Waals surface area contributed by atoms with Gasteiger partial charge in [-0.25, -0.2) is 0 Å². The van der Waals surface area contributed by atoms with Crippen molar-refractivity contribution in [2.24, 2.45) is 11.7 Å². The molecule has 0 radical (unpaired) electrons. The third-order valence-electron chi connectivity index (χ3n) is 6.29. The average Bonchev–Trinajstić information content (AvgIpc) is 2.46. The molecule has 2 saturated heterocycles. The quantitative estimate of drug-likeness (QED) is 0.864. The molecule has 1 saturated carbocycles. The van der Waals surface area contributed by atoms with Crippen molar-refractivity contribution in [1.29, 1.82) is 0 Å². The molecule has 2 N–H and O–H groups in total. The van der Waals surface area contributed by atoms with Gasteiger partial charge in [-0.1, -0.05) is 6.42 Å². The van der Waals surface area contributed by atoms with E-state index in [2.05, 4.69) is 18.7 Å². The molecule has 3 rings (SSSR count). The van der Waals surface area contributed by atoms with Crippen LogP contribution in [-0.4, -0.2) is 41.8 Å². The van der Waals surface area contributed by atoms with Gasteiger partial charge in [0.25, 0.3) is 0 Å². The SMILES string of the molecule is CC(C)(C(N)C1CCOC2(CCC2)C1)N1CCCCC1. The molecule has 3 aliphatic rings. The number of nitrogens with zero attached hydrogens (tertiary/aromatic N) is 1. The Hall–Kier alpha value is -0.120. The molecule has 0 aromatic rings. The van der Waals surface area contributed by atoms with Crippen LogP contribution < -0.4 is 5.73 Å². The molecule has 0 bridgehead atoms. The molecule has 0 aromatic carbocycles. The van der Waals surface area contributed by atoms with Crippen molar-refractivity contribution < 1.29 is 4.74 Å². The largest absolute Gasteiger partial charge is 0.375 e. The minimum absolute atomic E-state index is 0.132. The number of piperidine rings is 1. The van der Waals surface area contributed by atoms with Gasteiger partial charge in [-0.15, -0.1) is 0 Å². The fourth-order valence-electron chi connectivity index (χ4n) is 4.55. The van der Waals surface area contributed by atoms with Gasteiger partial charge in [0.05, 0.1) is 5.60 Å². The van der Waals surface area contributed by atoms with Crippen molar-refractivity contribution in [3.63, 3.8) is 0 Å². The summed E-state index contributed by atoms with van der Waals surface area (Å²) in [4.78, 5) is 2.64. The van der Waals surface area contributed by atoms with Gasteiger partial charge in [-0.05, 0) is 77.8 Å². The smallest absolute Gasteiger partial charge is 0.0685 e. The zero-order valence-electron chi connectivity index (χ0n) is 13.4. The number of rotatable bonds is 3. The highest BCUT2D eigenvalue weighted by atomic mass is 16.5. The van der Waals surface area contributed by atoms with Crippen molar-refractivity contribution in [3.05, 3.63) is 0 Å². The minimum Gasteiger partial charge on any atom is -0.375 e. The van der Waals surface area contributed by atoms with E-state index in [4.69, 9.17) is 10.5 Å². The third-order valence-corrected chi connectivity index (χ3v) is 6.29. The standard InChI is InChI=1S/C17H32N2O/c1-16(2,19-10-4-3-5-11-19)15(18)14-7-12-20-17(13-14)8-6-9-17/h14-15H,3-13,18H2,1-2H3. The fraction of sp³-hybridized carbons (Fsp3) is 1.00. The molecule has 20 heavy (non-hydrogen) atoms. The summed E-state index contributed by atoms with van der Waals surface area (Å²) < 4.78 is 6.07. The van der Waals surface area contributed by atoms with Crippen molar-refractivity contribution >= 4 is 0 Å². The molecule has 3 nitrogen and oxygen atoms in total. The molecule has 2 unspecified atom stereocenters. The maximum atomic E-state index is 6.76. The van der Waals surface area contributed by atoms with E-state index in [1.54, 1.807) is 0 Å². The Balaban J connectivity index is 1.65. The second-order valence-electron chi connectivity index (χ2n) is 7.87. The van der Waals surface area contributed by atoms with Crippen LogP contribution in [0, 0.1) is 5.92 Å². The molecule has 1 aliphatic carbocycles. The second-order valence-corrected chi connectivity index (χ2v) is 7.87. The molecule has 2 atom stereocenters. The molecule has 3 fully saturated rings. The van der Waals surface area contributed by atoms with Crippen molar-refractivity contribution in [2.45, 2.75) is 82.4 Å². The maximum Gasteiger partial charge on any atom is 0.0685 e. The van der Waals surface area contributed by atoms with Gasteiger partial charge in [0.2, 0.25) is 0 Å². The minimum atomic E-state index is 0.132. The van der Waals surface area contributed by atoms with Gasteiger partial charge in [0.15, 0.2) is 0 Å². The van der Waals surface area contributed by atoms with Gasteiger partial charge in [0.1, 0.15) is 0 Å². The van der Waals surface area contributed by atoms with Crippen molar-refractivity contribution in [3.8, 4) is 0 Å². The average molecular weight is 280 g/mol. The molecule has 3 heteroatoms. The highest BCUT2D eigenvalue weighted by Gasteiger charge is 2.47. The Morgan fingerprint density at radius 3 is 2.45 bits per heavy atom. The Labute approximate surface area is 124 Å². The second kappa shape index (κ2) is 5.58. The Morgan fingerprint density at radius 2 is 1.85 bits per heavy atom. The molecule has 116 valence electrons. The van der Waals surface area contributed by atoms with Gasteiger partial charge >= 0.3 is 0 Å². The molecular weight excluding hydrogens is 248 g/mol. The summed E-state index contributed by atoms with van der Waals surface area (Å²) >= 11 is 0. The molecule has 2 heterocycles. The van der Waals surface area contributed by atoms with Crippen LogP contribution in [0.15, 0.2) is 0 Å². The summed E-state index contributed by atoms with van der Waals surface area (Å²) in [7, 11) is 0. The highest BCUT2D eigenvalue weighted by molar-refractivity contribution is 5.02. The predicted octanol–water partition coefficient (Wildman–Crippen LogP) is 2.93. The molecule has 0 aromatic heterocycles. The van der Waals surface area contributed by atoms with E-state index in [1.165, 1.54) is 58.0 Å². The summed E-state index contributed by atoms with van der Waals surface area (Å²) in [5, 5.41) is 0. The van der Waals surface area contributed by atoms with Gasteiger partial charge < -0.3 is 10.5 Å². The predicted molar refractivity (Wildman–Crippen MR) is 82.7 cm³/mol. The van der Waals surface area contributed by atoms with Crippen LogP contribution in [0.3, 0.4) is 0 Å². The van der Waals surface area contributed by atoms with E-state index in [0.29, 0.717) is 5.92 Å². The zero-order valence-corrected chi connectivity index (χ0v) is 13.4. The van der Waals surface area contributed by atoms with E-state index in [9.17, 15) is 0 Å². The van der Waals surface area contributed by atoms with Gasteiger partial charge in [0, 0.05) is 18.2 Å². The Kier molecular flexibility index (Phi) is 4.13. The first kappa shape index (κ1) is 14.8. The number of likely N-dealkylation sites (tertiary alicyclic amines) is 1. The van der Waals surface area contributed by atoms with Gasteiger partial charge in [-0.3, -0.25) is 4.90 Å². The van der Waals surface area contributed by atoms with E-state index in [1.807, 2.05) is 0 Å². The lowest BCUT2D eigenvalue weighted by molar-refractivity contribution is -0.150.